The van der Waals surface area contributed by atoms with Crippen molar-refractivity contribution in [3.05, 3.63) is 102 Å². The second-order valence-corrected chi connectivity index (χ2v) is 8.72. The molecule has 37 heavy (non-hydrogen) atoms. The van der Waals surface area contributed by atoms with Crippen LogP contribution in [-0.4, -0.2) is 41.8 Å². The molecule has 0 radical (unpaired) electrons. The van der Waals surface area contributed by atoms with Gasteiger partial charge in [0.25, 0.3) is 5.91 Å². The zero-order valence-corrected chi connectivity index (χ0v) is 21.7. The van der Waals surface area contributed by atoms with Crippen LogP contribution in [0, 0.1) is 0 Å². The summed E-state index contributed by atoms with van der Waals surface area (Å²) in [7, 11) is 1.99. The molecule has 0 saturated heterocycles. The molecule has 0 aliphatic rings. The van der Waals surface area contributed by atoms with Gasteiger partial charge in [-0.3, -0.25) is 9.78 Å². The number of aliphatic imine (C=N–C) groups is 1. The van der Waals surface area contributed by atoms with Gasteiger partial charge >= 0.3 is 0 Å². The van der Waals surface area contributed by atoms with E-state index in [1.165, 1.54) is 5.56 Å². The molecule has 0 fully saturated rings. The lowest BCUT2D eigenvalue weighted by atomic mass is 10.1. The minimum Gasteiger partial charge on any atom is -0.507 e. The van der Waals surface area contributed by atoms with E-state index in [9.17, 15) is 9.90 Å². The Morgan fingerprint density at radius 3 is 2.57 bits per heavy atom. The second-order valence-electron chi connectivity index (χ2n) is 8.72. The molecule has 3 aromatic rings. The Hall–Kier alpha value is -4.23. The van der Waals surface area contributed by atoms with Crippen LogP contribution in [0.1, 0.15) is 31.4 Å². The molecule has 1 amide bonds. The van der Waals surface area contributed by atoms with Crippen molar-refractivity contribution in [2.45, 2.75) is 26.8 Å². The number of rotatable bonds is 12. The number of pyridine rings is 1. The van der Waals surface area contributed by atoms with Gasteiger partial charge in [-0.05, 0) is 56.1 Å². The SMILES string of the molecule is C=C(C)C(=N/C(=C\C)c1ccccc1O)C(=O)Nc1cnccc1N(C)CCCNCc1ccccc1. The van der Waals surface area contributed by atoms with Crippen molar-refractivity contribution >= 4 is 28.7 Å². The van der Waals surface area contributed by atoms with Crippen molar-refractivity contribution in [2.75, 3.05) is 30.4 Å². The summed E-state index contributed by atoms with van der Waals surface area (Å²) in [6.45, 7) is 9.99. The molecule has 0 unspecified atom stereocenters. The summed E-state index contributed by atoms with van der Waals surface area (Å²) in [6, 6.07) is 19.1. The van der Waals surface area contributed by atoms with Gasteiger partial charge in [0.15, 0.2) is 0 Å². The number of hydrogen-bond donors (Lipinski definition) is 3. The molecule has 7 nitrogen and oxygen atoms in total. The summed E-state index contributed by atoms with van der Waals surface area (Å²) < 4.78 is 0. The highest BCUT2D eigenvalue weighted by Crippen LogP contribution is 2.27. The molecule has 1 heterocycles. The molecule has 3 rings (SSSR count). The van der Waals surface area contributed by atoms with Crippen LogP contribution in [-0.2, 0) is 11.3 Å². The third kappa shape index (κ3) is 7.88. The van der Waals surface area contributed by atoms with Crippen LogP contribution in [0.25, 0.3) is 5.70 Å². The average molecular weight is 498 g/mol. The average Bonchev–Trinajstić information content (AvgIpc) is 2.90. The van der Waals surface area contributed by atoms with E-state index < -0.39 is 5.91 Å². The summed E-state index contributed by atoms with van der Waals surface area (Å²) in [4.78, 5) is 24.1. The first-order chi connectivity index (χ1) is 17.9. The van der Waals surface area contributed by atoms with Gasteiger partial charge in [0.1, 0.15) is 11.5 Å². The summed E-state index contributed by atoms with van der Waals surface area (Å²) in [5, 5.41) is 16.7. The number of phenolic OH excluding ortho intramolecular Hbond substituents is 1. The van der Waals surface area contributed by atoms with E-state index in [2.05, 4.69) is 44.2 Å². The van der Waals surface area contributed by atoms with E-state index in [4.69, 9.17) is 0 Å². The van der Waals surface area contributed by atoms with Crippen LogP contribution in [0.3, 0.4) is 0 Å². The Morgan fingerprint density at radius 1 is 1.14 bits per heavy atom. The first-order valence-corrected chi connectivity index (χ1v) is 12.3. The molecule has 0 atom stereocenters. The fourth-order valence-electron chi connectivity index (χ4n) is 3.82. The van der Waals surface area contributed by atoms with Gasteiger partial charge in [0.05, 0.1) is 23.3 Å². The molecule has 192 valence electrons. The molecule has 0 aliphatic carbocycles. The van der Waals surface area contributed by atoms with Crippen molar-refractivity contribution in [3.63, 3.8) is 0 Å². The molecule has 7 heteroatoms. The number of aromatic nitrogens is 1. The van der Waals surface area contributed by atoms with E-state index in [0.717, 1.165) is 31.7 Å². The summed E-state index contributed by atoms with van der Waals surface area (Å²) in [5.41, 5.74) is 4.42. The van der Waals surface area contributed by atoms with E-state index >= 15 is 0 Å². The number of amides is 1. The van der Waals surface area contributed by atoms with Gasteiger partial charge in [0.2, 0.25) is 0 Å². The molecule has 3 N–H and O–H groups in total. The normalized spacial score (nSPS) is 11.8. The molecular weight excluding hydrogens is 462 g/mol. The number of carbonyl (C=O) groups excluding carboxylic acids is 1. The van der Waals surface area contributed by atoms with Gasteiger partial charge in [-0.2, -0.15) is 0 Å². The minimum atomic E-state index is -0.394. The van der Waals surface area contributed by atoms with E-state index in [-0.39, 0.29) is 11.5 Å². The lowest BCUT2D eigenvalue weighted by molar-refractivity contribution is -0.110. The van der Waals surface area contributed by atoms with Gasteiger partial charge in [0, 0.05) is 31.9 Å². The third-order valence-electron chi connectivity index (χ3n) is 5.78. The number of phenols is 1. The van der Waals surface area contributed by atoms with Crippen LogP contribution in [0.4, 0.5) is 11.4 Å². The quantitative estimate of drug-likeness (QED) is 0.230. The van der Waals surface area contributed by atoms with Crippen LogP contribution >= 0.6 is 0 Å². The Morgan fingerprint density at radius 2 is 1.86 bits per heavy atom. The number of nitrogens with zero attached hydrogens (tertiary/aromatic N) is 3. The zero-order valence-electron chi connectivity index (χ0n) is 21.7. The van der Waals surface area contributed by atoms with Crippen molar-refractivity contribution in [3.8, 4) is 5.75 Å². The topological polar surface area (TPSA) is 89.9 Å². The van der Waals surface area contributed by atoms with Crippen molar-refractivity contribution in [2.24, 2.45) is 4.99 Å². The largest absolute Gasteiger partial charge is 0.507 e. The number of aromatic hydroxyl groups is 1. The first-order valence-electron chi connectivity index (χ1n) is 12.3. The smallest absolute Gasteiger partial charge is 0.274 e. The summed E-state index contributed by atoms with van der Waals surface area (Å²) in [5.74, 6) is -0.301. The lowest BCUT2D eigenvalue weighted by Gasteiger charge is -2.22. The maximum atomic E-state index is 13.3. The predicted molar refractivity (Wildman–Crippen MR) is 153 cm³/mol. The number of anilines is 2. The molecule has 1 aromatic heterocycles. The maximum Gasteiger partial charge on any atom is 0.274 e. The van der Waals surface area contributed by atoms with Crippen LogP contribution in [0.5, 0.6) is 5.75 Å². The monoisotopic (exact) mass is 497 g/mol. The molecule has 2 aromatic carbocycles. The second kappa shape index (κ2) is 13.8. The number of allylic oxidation sites excluding steroid dienone is 1. The predicted octanol–water partition coefficient (Wildman–Crippen LogP) is 5.42. The third-order valence-corrected chi connectivity index (χ3v) is 5.78. The van der Waals surface area contributed by atoms with Gasteiger partial charge in [-0.25, -0.2) is 4.99 Å². The van der Waals surface area contributed by atoms with E-state index in [0.29, 0.717) is 22.5 Å². The molecule has 0 saturated carbocycles. The number of carbonyl (C=O) groups is 1. The van der Waals surface area contributed by atoms with E-state index in [1.54, 1.807) is 43.6 Å². The number of para-hydroxylation sites is 1. The molecular formula is C30H35N5O2. The maximum absolute atomic E-state index is 13.3. The fourth-order valence-corrected chi connectivity index (χ4v) is 3.82. The number of benzene rings is 2. The highest BCUT2D eigenvalue weighted by molar-refractivity contribution is 6.49. The van der Waals surface area contributed by atoms with Crippen LogP contribution in [0.2, 0.25) is 0 Å². The van der Waals surface area contributed by atoms with Crippen molar-refractivity contribution < 1.29 is 9.90 Å². The Kier molecular flexibility index (Phi) is 10.2. The highest BCUT2D eigenvalue weighted by atomic mass is 16.3. The summed E-state index contributed by atoms with van der Waals surface area (Å²) >= 11 is 0. The fraction of sp³-hybridized carbons (Fsp3) is 0.233. The van der Waals surface area contributed by atoms with E-state index in [1.807, 2.05) is 44.3 Å². The molecule has 0 spiro atoms. The Balaban J connectivity index is 1.67. The van der Waals surface area contributed by atoms with Crippen LogP contribution < -0.4 is 15.5 Å². The lowest BCUT2D eigenvalue weighted by Crippen LogP contribution is -2.27. The Labute approximate surface area is 219 Å². The minimum absolute atomic E-state index is 0.0928. The number of nitrogens with one attached hydrogen (secondary N) is 2. The molecule has 0 aliphatic heterocycles. The van der Waals surface area contributed by atoms with Crippen molar-refractivity contribution in [1.29, 1.82) is 0 Å². The van der Waals surface area contributed by atoms with Gasteiger partial charge in [-0.15, -0.1) is 0 Å². The highest BCUT2D eigenvalue weighted by Gasteiger charge is 2.18. The molecule has 0 bridgehead atoms. The Bertz CT molecular complexity index is 1270. The van der Waals surface area contributed by atoms with Crippen molar-refractivity contribution in [1.82, 2.24) is 10.3 Å². The van der Waals surface area contributed by atoms with Gasteiger partial charge in [-0.1, -0.05) is 55.1 Å². The van der Waals surface area contributed by atoms with Crippen LogP contribution in [0.15, 0.2) is 96.3 Å². The number of hydrogen-bond acceptors (Lipinski definition) is 6. The summed E-state index contributed by atoms with van der Waals surface area (Å²) in [6.07, 6.45) is 6.02. The first kappa shape index (κ1) is 27.4. The zero-order chi connectivity index (χ0) is 26.6. The standard InChI is InChI=1S/C30H35N5O2/c1-5-25(24-14-9-10-15-28(24)36)33-29(22(2)3)30(37)34-26-21-32-18-16-27(26)35(4)19-11-17-31-20-23-12-7-6-8-13-23/h5-10,12-16,18,21,31,36H,2,11,17,19-20H2,1,3-4H3,(H,34,37)/b25-5-,33-29?. The van der Waals surface area contributed by atoms with Gasteiger partial charge < -0.3 is 20.6 Å².